The van der Waals surface area contributed by atoms with Gasteiger partial charge in [-0.15, -0.1) is 0 Å². The van der Waals surface area contributed by atoms with Crippen molar-refractivity contribution in [3.63, 3.8) is 0 Å². The lowest BCUT2D eigenvalue weighted by Crippen LogP contribution is -2.11. The molecule has 0 radical (unpaired) electrons. The molecular formula is C23H36. The van der Waals surface area contributed by atoms with Gasteiger partial charge in [0.1, 0.15) is 0 Å². The van der Waals surface area contributed by atoms with Crippen molar-refractivity contribution < 1.29 is 0 Å². The predicted molar refractivity (Wildman–Crippen MR) is 103 cm³/mol. The second-order valence-corrected chi connectivity index (χ2v) is 7.35. The monoisotopic (exact) mass is 312 g/mol. The fraction of sp³-hybridized carbons (Fsp3) is 0.652. The summed E-state index contributed by atoms with van der Waals surface area (Å²) in [6, 6.07) is 11.1. The van der Waals surface area contributed by atoms with Crippen molar-refractivity contribution >= 4 is 0 Å². The topological polar surface area (TPSA) is 0 Å². The minimum atomic E-state index is 0.659. The van der Waals surface area contributed by atoms with Crippen LogP contribution in [0.4, 0.5) is 0 Å². The van der Waals surface area contributed by atoms with E-state index in [9.17, 15) is 0 Å². The van der Waals surface area contributed by atoms with Crippen molar-refractivity contribution in [1.29, 1.82) is 0 Å². The Balaban J connectivity index is 1.74. The predicted octanol–water partition coefficient (Wildman–Crippen LogP) is 7.66. The Bertz CT molecular complexity index is 442. The molecule has 1 aliphatic carbocycles. The van der Waals surface area contributed by atoms with Crippen LogP contribution < -0.4 is 0 Å². The lowest BCUT2D eigenvalue weighted by molar-refractivity contribution is 0.405. The fourth-order valence-corrected chi connectivity index (χ4v) is 4.10. The van der Waals surface area contributed by atoms with Crippen LogP contribution in [0.1, 0.15) is 96.0 Å². The first kappa shape index (κ1) is 18.3. The smallest absolute Gasteiger partial charge is 0.00455 e. The Labute approximate surface area is 144 Å². The van der Waals surface area contributed by atoms with Gasteiger partial charge in [-0.05, 0) is 37.2 Å². The van der Waals surface area contributed by atoms with Gasteiger partial charge in [-0.2, -0.15) is 0 Å². The minimum absolute atomic E-state index is 0.659. The van der Waals surface area contributed by atoms with Gasteiger partial charge in [0.25, 0.3) is 0 Å². The number of benzene rings is 1. The molecule has 0 heterocycles. The maximum Gasteiger partial charge on any atom is 0.00455 e. The highest BCUT2D eigenvalue weighted by atomic mass is 14.3. The van der Waals surface area contributed by atoms with E-state index < -0.39 is 0 Å². The van der Waals surface area contributed by atoms with Crippen molar-refractivity contribution in [1.82, 2.24) is 0 Å². The Morgan fingerprint density at radius 2 is 1.70 bits per heavy atom. The standard InChI is InChI=1S/C23H36/c1-3-5-6-7-8-10-13-20-16-18-22(19-17-20)23(4-2)21-14-11-9-12-15-21/h9,11-12,14-15,18,20,23H,3-8,10,13,16-17,19H2,1-2H3. The van der Waals surface area contributed by atoms with E-state index in [4.69, 9.17) is 0 Å². The molecule has 1 aliphatic rings. The molecule has 2 atom stereocenters. The van der Waals surface area contributed by atoms with Crippen molar-refractivity contribution in [3.8, 4) is 0 Å². The first-order chi connectivity index (χ1) is 11.3. The molecule has 0 saturated heterocycles. The summed E-state index contributed by atoms with van der Waals surface area (Å²) in [6.45, 7) is 4.63. The van der Waals surface area contributed by atoms with Crippen LogP contribution in [0.2, 0.25) is 0 Å². The summed E-state index contributed by atoms with van der Waals surface area (Å²) < 4.78 is 0. The zero-order chi connectivity index (χ0) is 16.3. The Morgan fingerprint density at radius 3 is 2.35 bits per heavy atom. The number of unbranched alkanes of at least 4 members (excludes halogenated alkanes) is 5. The third kappa shape index (κ3) is 6.16. The summed E-state index contributed by atoms with van der Waals surface area (Å²) in [5, 5.41) is 0. The van der Waals surface area contributed by atoms with E-state index >= 15 is 0 Å². The number of rotatable bonds is 10. The van der Waals surface area contributed by atoms with E-state index in [0.717, 1.165) is 5.92 Å². The van der Waals surface area contributed by atoms with Crippen molar-refractivity contribution in [3.05, 3.63) is 47.5 Å². The fourth-order valence-electron chi connectivity index (χ4n) is 4.10. The molecule has 0 nitrogen and oxygen atoms in total. The quantitative estimate of drug-likeness (QED) is 0.307. The van der Waals surface area contributed by atoms with E-state index in [2.05, 4.69) is 50.3 Å². The summed E-state index contributed by atoms with van der Waals surface area (Å²) in [4.78, 5) is 0. The normalized spacial score (nSPS) is 19.4. The van der Waals surface area contributed by atoms with Gasteiger partial charge in [-0.1, -0.05) is 101 Å². The van der Waals surface area contributed by atoms with Gasteiger partial charge in [-0.3, -0.25) is 0 Å². The lowest BCUT2D eigenvalue weighted by Gasteiger charge is -2.27. The van der Waals surface area contributed by atoms with Gasteiger partial charge in [0.15, 0.2) is 0 Å². The van der Waals surface area contributed by atoms with E-state index in [1.807, 2.05) is 0 Å². The summed E-state index contributed by atoms with van der Waals surface area (Å²) in [5.74, 6) is 1.62. The molecule has 128 valence electrons. The van der Waals surface area contributed by atoms with Gasteiger partial charge in [0, 0.05) is 5.92 Å². The molecule has 0 bridgehead atoms. The van der Waals surface area contributed by atoms with E-state index in [0.29, 0.717) is 5.92 Å². The molecule has 2 unspecified atom stereocenters. The highest BCUT2D eigenvalue weighted by molar-refractivity contribution is 5.29. The lowest BCUT2D eigenvalue weighted by atomic mass is 9.78. The van der Waals surface area contributed by atoms with Crippen molar-refractivity contribution in [2.75, 3.05) is 0 Å². The molecule has 1 aromatic rings. The summed E-state index contributed by atoms with van der Waals surface area (Å²) >= 11 is 0. The van der Waals surface area contributed by atoms with Crippen molar-refractivity contribution in [2.45, 2.75) is 90.4 Å². The highest BCUT2D eigenvalue weighted by Crippen LogP contribution is 2.37. The van der Waals surface area contributed by atoms with Crippen LogP contribution in [0.5, 0.6) is 0 Å². The Morgan fingerprint density at radius 1 is 0.957 bits per heavy atom. The molecule has 1 aromatic carbocycles. The summed E-state index contributed by atoms with van der Waals surface area (Å²) in [5.41, 5.74) is 3.22. The third-order valence-corrected chi connectivity index (χ3v) is 5.58. The molecule has 0 amide bonds. The number of hydrogen-bond donors (Lipinski definition) is 0. The van der Waals surface area contributed by atoms with E-state index in [1.54, 1.807) is 5.57 Å². The zero-order valence-electron chi connectivity index (χ0n) is 15.4. The first-order valence-corrected chi connectivity index (χ1v) is 10.1. The summed E-state index contributed by atoms with van der Waals surface area (Å²) in [6.07, 6.45) is 17.9. The third-order valence-electron chi connectivity index (χ3n) is 5.58. The molecule has 2 rings (SSSR count). The van der Waals surface area contributed by atoms with Gasteiger partial charge < -0.3 is 0 Å². The van der Waals surface area contributed by atoms with Gasteiger partial charge in [0.2, 0.25) is 0 Å². The van der Waals surface area contributed by atoms with Crippen LogP contribution in [-0.2, 0) is 0 Å². The largest absolute Gasteiger partial charge is 0.0844 e. The molecule has 0 fully saturated rings. The molecule has 0 aliphatic heterocycles. The molecule has 0 aromatic heterocycles. The van der Waals surface area contributed by atoms with Gasteiger partial charge in [0.05, 0.1) is 0 Å². The maximum atomic E-state index is 2.59. The number of allylic oxidation sites excluding steroid dienone is 2. The zero-order valence-corrected chi connectivity index (χ0v) is 15.4. The molecular weight excluding hydrogens is 276 g/mol. The molecule has 0 heteroatoms. The Hall–Kier alpha value is -1.04. The average Bonchev–Trinajstić information content (AvgIpc) is 2.61. The van der Waals surface area contributed by atoms with E-state index in [1.165, 1.54) is 76.2 Å². The van der Waals surface area contributed by atoms with Crippen LogP contribution >= 0.6 is 0 Å². The maximum absolute atomic E-state index is 2.59. The van der Waals surface area contributed by atoms with Crippen LogP contribution in [-0.4, -0.2) is 0 Å². The molecule has 0 spiro atoms. The van der Waals surface area contributed by atoms with Crippen molar-refractivity contribution in [2.24, 2.45) is 5.92 Å². The molecule has 0 N–H and O–H groups in total. The van der Waals surface area contributed by atoms with Gasteiger partial charge in [-0.25, -0.2) is 0 Å². The van der Waals surface area contributed by atoms with Gasteiger partial charge >= 0.3 is 0 Å². The minimum Gasteiger partial charge on any atom is -0.0844 e. The van der Waals surface area contributed by atoms with Crippen LogP contribution in [0.25, 0.3) is 0 Å². The summed E-state index contributed by atoms with van der Waals surface area (Å²) in [7, 11) is 0. The van der Waals surface area contributed by atoms with Crippen LogP contribution in [0.3, 0.4) is 0 Å². The molecule has 0 saturated carbocycles. The highest BCUT2D eigenvalue weighted by Gasteiger charge is 2.20. The van der Waals surface area contributed by atoms with Crippen LogP contribution in [0, 0.1) is 5.92 Å². The Kier molecular flexibility index (Phi) is 8.50. The first-order valence-electron chi connectivity index (χ1n) is 10.1. The second kappa shape index (κ2) is 10.7. The average molecular weight is 313 g/mol. The number of hydrogen-bond acceptors (Lipinski definition) is 0. The second-order valence-electron chi connectivity index (χ2n) is 7.35. The molecule has 23 heavy (non-hydrogen) atoms. The van der Waals surface area contributed by atoms with Crippen LogP contribution in [0.15, 0.2) is 42.0 Å². The SMILES string of the molecule is CCCCCCCCC1CC=C(C(CC)c2ccccc2)CC1. The van der Waals surface area contributed by atoms with E-state index in [-0.39, 0.29) is 0 Å².